The van der Waals surface area contributed by atoms with Gasteiger partial charge in [-0.15, -0.1) is 0 Å². The van der Waals surface area contributed by atoms with Crippen molar-refractivity contribution >= 4 is 12.4 Å². The van der Waals surface area contributed by atoms with Crippen molar-refractivity contribution in [1.29, 1.82) is 0 Å². The van der Waals surface area contributed by atoms with Crippen molar-refractivity contribution in [3.05, 3.63) is 52.2 Å². The minimum atomic E-state index is -0.363. The van der Waals surface area contributed by atoms with Crippen LogP contribution < -0.4 is 5.69 Å². The molecule has 0 radical (unpaired) electrons. The quantitative estimate of drug-likeness (QED) is 0.444. The number of H-pyrrole nitrogens is 2. The smallest absolute Gasteiger partial charge is 0.340 e. The van der Waals surface area contributed by atoms with Crippen molar-refractivity contribution in [3.63, 3.8) is 0 Å². The van der Waals surface area contributed by atoms with E-state index in [0.717, 1.165) is 38.0 Å². The van der Waals surface area contributed by atoms with Crippen molar-refractivity contribution in [1.82, 2.24) is 25.0 Å². The molecule has 2 aromatic rings. The number of aryl methyl sites for hydroxylation is 1. The van der Waals surface area contributed by atoms with E-state index < -0.39 is 0 Å². The molecule has 11 heteroatoms. The predicted molar refractivity (Wildman–Crippen MR) is 119 cm³/mol. The van der Waals surface area contributed by atoms with Crippen LogP contribution in [0.5, 0.6) is 0 Å². The van der Waals surface area contributed by atoms with Crippen LogP contribution in [0.3, 0.4) is 0 Å². The third kappa shape index (κ3) is 6.98. The van der Waals surface area contributed by atoms with Crippen LogP contribution in [0.2, 0.25) is 0 Å². The molecule has 180 valence electrons. The minimum Gasteiger partial charge on any atom is -0.483 e. The lowest BCUT2D eigenvalue weighted by molar-refractivity contribution is -0.148. The molecule has 2 aliphatic heterocycles. The number of carbonyl (C=O) groups is 2. The summed E-state index contributed by atoms with van der Waals surface area (Å²) in [6, 6.07) is 9.84. The third-order valence-electron chi connectivity index (χ3n) is 5.93. The van der Waals surface area contributed by atoms with Gasteiger partial charge in [-0.05, 0) is 18.4 Å². The van der Waals surface area contributed by atoms with Crippen LogP contribution in [0.15, 0.2) is 35.1 Å². The number of aromatic amines is 2. The normalized spacial score (nSPS) is 21.8. The van der Waals surface area contributed by atoms with E-state index in [4.69, 9.17) is 14.6 Å². The molecule has 3 heterocycles. The van der Waals surface area contributed by atoms with E-state index in [-0.39, 0.29) is 42.7 Å². The zero-order valence-electron chi connectivity index (χ0n) is 18.4. The van der Waals surface area contributed by atoms with Gasteiger partial charge < -0.3 is 24.7 Å². The summed E-state index contributed by atoms with van der Waals surface area (Å²) in [5.41, 5.74) is 0.693. The number of piperidine rings is 1. The van der Waals surface area contributed by atoms with Gasteiger partial charge in [0, 0.05) is 39.0 Å². The van der Waals surface area contributed by atoms with Crippen molar-refractivity contribution in [2.24, 2.45) is 0 Å². The Balaban J connectivity index is 0.000000968. The van der Waals surface area contributed by atoms with E-state index in [9.17, 15) is 14.7 Å². The lowest BCUT2D eigenvalue weighted by atomic mass is 9.96. The molecule has 0 aliphatic carbocycles. The summed E-state index contributed by atoms with van der Waals surface area (Å²) in [6.45, 7) is 3.18. The van der Waals surface area contributed by atoms with E-state index in [1.54, 1.807) is 0 Å². The first-order valence-electron chi connectivity index (χ1n) is 11.1. The van der Waals surface area contributed by atoms with Crippen LogP contribution in [0.4, 0.5) is 0 Å². The molecule has 2 aliphatic rings. The standard InChI is InChI=1S/C21H29N5O4.CH2O2/c27-16-8-10-25(11-9-16)14-17-20(15-4-2-1-3-5-15)26(12-13-30-17)19(28)7-6-18-22-21(29)24-23-18;2-1-3/h1-5,16-17,20,27H,6-14H2,(H2,22,23,24,29);1H,(H,2,3)/t17-,20-;/m0./s1. The molecular formula is C22H31N5O6. The van der Waals surface area contributed by atoms with Crippen molar-refractivity contribution in [2.45, 2.75) is 43.9 Å². The SMILES string of the molecule is O=C(CCc1n[nH]c(=O)[nH]1)N1CCO[C@@H](CN2CCC(O)CC2)[C@@H]1c1ccccc1.O=CO. The van der Waals surface area contributed by atoms with Gasteiger partial charge in [-0.1, -0.05) is 30.3 Å². The Morgan fingerprint density at radius 2 is 1.91 bits per heavy atom. The summed E-state index contributed by atoms with van der Waals surface area (Å²) < 4.78 is 6.16. The van der Waals surface area contributed by atoms with E-state index >= 15 is 0 Å². The van der Waals surface area contributed by atoms with E-state index in [1.807, 2.05) is 35.2 Å². The number of nitrogens with one attached hydrogen (secondary N) is 2. The molecule has 4 rings (SSSR count). The average molecular weight is 462 g/mol. The first-order valence-corrected chi connectivity index (χ1v) is 11.1. The Labute approximate surface area is 191 Å². The Hall–Kier alpha value is -3.02. The first-order chi connectivity index (χ1) is 16.0. The molecule has 4 N–H and O–H groups in total. The maximum atomic E-state index is 13.1. The fourth-order valence-electron chi connectivity index (χ4n) is 4.36. The molecule has 1 amide bonds. The lowest BCUT2D eigenvalue weighted by Crippen LogP contribution is -2.52. The average Bonchev–Trinajstić information content (AvgIpc) is 3.25. The van der Waals surface area contributed by atoms with Gasteiger partial charge >= 0.3 is 5.69 Å². The number of carbonyl (C=O) groups excluding carboxylic acids is 1. The molecule has 11 nitrogen and oxygen atoms in total. The zero-order chi connectivity index (χ0) is 23.6. The molecule has 1 aromatic heterocycles. The predicted octanol–water partition coefficient (Wildman–Crippen LogP) is 0.157. The van der Waals surface area contributed by atoms with Crippen LogP contribution in [-0.4, -0.2) is 92.6 Å². The molecule has 0 saturated carbocycles. The number of aliphatic hydroxyl groups excluding tert-OH is 1. The Morgan fingerprint density at radius 3 is 2.55 bits per heavy atom. The van der Waals surface area contributed by atoms with Gasteiger partial charge in [0.05, 0.1) is 24.9 Å². The molecule has 33 heavy (non-hydrogen) atoms. The largest absolute Gasteiger partial charge is 0.483 e. The topological polar surface area (TPSA) is 152 Å². The van der Waals surface area contributed by atoms with Crippen LogP contribution in [0.25, 0.3) is 0 Å². The fourth-order valence-corrected chi connectivity index (χ4v) is 4.36. The number of aromatic nitrogens is 3. The van der Waals surface area contributed by atoms with Crippen LogP contribution in [-0.2, 0) is 20.7 Å². The number of amides is 1. The highest BCUT2D eigenvalue weighted by molar-refractivity contribution is 5.77. The zero-order valence-corrected chi connectivity index (χ0v) is 18.4. The molecule has 2 saturated heterocycles. The fraction of sp³-hybridized carbons (Fsp3) is 0.545. The Morgan fingerprint density at radius 1 is 1.21 bits per heavy atom. The first kappa shape index (κ1) is 24.6. The minimum absolute atomic E-state index is 0.0232. The van der Waals surface area contributed by atoms with E-state index in [2.05, 4.69) is 20.1 Å². The molecule has 0 spiro atoms. The van der Waals surface area contributed by atoms with E-state index in [0.29, 0.717) is 25.4 Å². The lowest BCUT2D eigenvalue weighted by Gasteiger charge is -2.44. The monoisotopic (exact) mass is 461 g/mol. The van der Waals surface area contributed by atoms with Crippen LogP contribution >= 0.6 is 0 Å². The summed E-state index contributed by atoms with van der Waals surface area (Å²) >= 11 is 0. The van der Waals surface area contributed by atoms with Gasteiger partial charge in [0.2, 0.25) is 5.91 Å². The van der Waals surface area contributed by atoms with Gasteiger partial charge in [-0.2, -0.15) is 5.10 Å². The summed E-state index contributed by atoms with van der Waals surface area (Å²) in [5.74, 6) is 0.511. The number of carboxylic acid groups (broad SMARTS) is 1. The van der Waals surface area contributed by atoms with E-state index in [1.165, 1.54) is 0 Å². The Bertz CT molecular complexity index is 925. The van der Waals surface area contributed by atoms with Gasteiger partial charge in [-0.3, -0.25) is 14.6 Å². The highest BCUT2D eigenvalue weighted by Crippen LogP contribution is 2.31. The number of aliphatic hydroxyl groups is 1. The van der Waals surface area contributed by atoms with Gasteiger partial charge in [0.25, 0.3) is 6.47 Å². The number of rotatable bonds is 6. The molecule has 2 atom stereocenters. The third-order valence-corrected chi connectivity index (χ3v) is 5.93. The number of morpholine rings is 1. The molecule has 1 aromatic carbocycles. The molecule has 0 bridgehead atoms. The number of benzene rings is 1. The number of hydrogen-bond acceptors (Lipinski definition) is 7. The summed E-state index contributed by atoms with van der Waals surface area (Å²) in [5, 5.41) is 22.9. The number of ether oxygens (including phenoxy) is 1. The maximum Gasteiger partial charge on any atom is 0.340 e. The number of hydrogen-bond donors (Lipinski definition) is 4. The number of nitrogens with zero attached hydrogens (tertiary/aromatic N) is 3. The second kappa shape index (κ2) is 12.3. The van der Waals surface area contributed by atoms with Crippen molar-refractivity contribution < 1.29 is 24.5 Å². The van der Waals surface area contributed by atoms with Gasteiger partial charge in [-0.25, -0.2) is 9.89 Å². The molecular weight excluding hydrogens is 430 g/mol. The second-order valence-electron chi connectivity index (χ2n) is 8.11. The highest BCUT2D eigenvalue weighted by Gasteiger charge is 2.37. The summed E-state index contributed by atoms with van der Waals surface area (Å²) in [6.07, 6.45) is 1.84. The Kier molecular flexibility index (Phi) is 9.16. The van der Waals surface area contributed by atoms with Crippen LogP contribution in [0.1, 0.15) is 36.7 Å². The van der Waals surface area contributed by atoms with Crippen LogP contribution in [0, 0.1) is 0 Å². The molecule has 0 unspecified atom stereocenters. The summed E-state index contributed by atoms with van der Waals surface area (Å²) in [7, 11) is 0. The van der Waals surface area contributed by atoms with Crippen molar-refractivity contribution in [2.75, 3.05) is 32.8 Å². The molecule has 2 fully saturated rings. The van der Waals surface area contributed by atoms with Gasteiger partial charge in [0.1, 0.15) is 5.82 Å². The summed E-state index contributed by atoms with van der Waals surface area (Å²) in [4.78, 5) is 39.5. The highest BCUT2D eigenvalue weighted by atomic mass is 16.5. The van der Waals surface area contributed by atoms with Crippen molar-refractivity contribution in [3.8, 4) is 0 Å². The second-order valence-corrected chi connectivity index (χ2v) is 8.11. The number of likely N-dealkylation sites (tertiary alicyclic amines) is 1. The van der Waals surface area contributed by atoms with Gasteiger partial charge in [0.15, 0.2) is 0 Å². The maximum absolute atomic E-state index is 13.1.